The fourth-order valence-corrected chi connectivity index (χ4v) is 3.80. The van der Waals surface area contributed by atoms with Crippen molar-refractivity contribution in [2.24, 2.45) is 17.5 Å². The molecule has 0 amide bonds. The largest absolute Gasteiger partial charge is 0.381 e. The second-order valence-electron chi connectivity index (χ2n) is 6.69. The van der Waals surface area contributed by atoms with Gasteiger partial charge < -0.3 is 19.5 Å². The van der Waals surface area contributed by atoms with Crippen molar-refractivity contribution >= 4 is 5.96 Å². The van der Waals surface area contributed by atoms with Crippen LogP contribution < -0.4 is 5.32 Å². The number of likely N-dealkylation sites (tertiary alicyclic amines) is 1. The maximum atomic E-state index is 5.77. The van der Waals surface area contributed by atoms with Crippen molar-refractivity contribution < 1.29 is 4.74 Å². The number of hydrogen-bond donors (Lipinski definition) is 1. The second kappa shape index (κ2) is 6.73. The average molecular weight is 304 g/mol. The Balaban J connectivity index is 1.62. The number of nitrogens with one attached hydrogen (secondary N) is 1. The van der Waals surface area contributed by atoms with Gasteiger partial charge in [0.15, 0.2) is 5.96 Å². The van der Waals surface area contributed by atoms with Gasteiger partial charge in [-0.25, -0.2) is 0 Å². The zero-order valence-corrected chi connectivity index (χ0v) is 13.8. The van der Waals surface area contributed by atoms with E-state index in [4.69, 9.17) is 4.74 Å². The second-order valence-corrected chi connectivity index (χ2v) is 6.69. The van der Waals surface area contributed by atoms with E-state index in [0.29, 0.717) is 5.41 Å². The third-order valence-corrected chi connectivity index (χ3v) is 5.06. The third-order valence-electron chi connectivity index (χ3n) is 5.06. The molecule has 1 N–H and O–H groups in total. The zero-order valence-electron chi connectivity index (χ0n) is 13.8. The number of hydrogen-bond acceptors (Lipinski definition) is 2. The molecule has 0 aliphatic carbocycles. The Bertz CT molecular complexity index is 511. The molecule has 3 rings (SSSR count). The predicted octanol–water partition coefficient (Wildman–Crippen LogP) is 1.99. The lowest BCUT2D eigenvalue weighted by molar-refractivity contribution is -0.0370. The van der Waals surface area contributed by atoms with Gasteiger partial charge in [-0.1, -0.05) is 0 Å². The van der Waals surface area contributed by atoms with Crippen LogP contribution in [-0.4, -0.2) is 48.8 Å². The Morgan fingerprint density at radius 3 is 2.95 bits per heavy atom. The number of aryl methyl sites for hydroxylation is 1. The Hall–Kier alpha value is -1.49. The van der Waals surface area contributed by atoms with Crippen molar-refractivity contribution in [3.8, 4) is 0 Å². The van der Waals surface area contributed by atoms with Crippen LogP contribution in [0.1, 0.15) is 31.4 Å². The van der Waals surface area contributed by atoms with Crippen molar-refractivity contribution in [1.29, 1.82) is 0 Å². The molecule has 0 saturated carbocycles. The van der Waals surface area contributed by atoms with Crippen LogP contribution in [0, 0.1) is 5.41 Å². The van der Waals surface area contributed by atoms with Gasteiger partial charge in [-0.15, -0.1) is 0 Å². The Morgan fingerprint density at radius 1 is 1.41 bits per heavy atom. The van der Waals surface area contributed by atoms with Crippen LogP contribution in [0.4, 0.5) is 0 Å². The van der Waals surface area contributed by atoms with Crippen LogP contribution in [0.3, 0.4) is 0 Å². The molecule has 1 unspecified atom stereocenters. The molecule has 122 valence electrons. The summed E-state index contributed by atoms with van der Waals surface area (Å²) >= 11 is 0. The van der Waals surface area contributed by atoms with Gasteiger partial charge in [0.25, 0.3) is 0 Å². The Morgan fingerprint density at radius 2 is 2.27 bits per heavy atom. The van der Waals surface area contributed by atoms with Crippen LogP contribution in [0.2, 0.25) is 0 Å². The minimum absolute atomic E-state index is 0.346. The van der Waals surface area contributed by atoms with Crippen molar-refractivity contribution in [3.05, 3.63) is 24.0 Å². The molecule has 5 heteroatoms. The monoisotopic (exact) mass is 304 g/mol. The predicted molar refractivity (Wildman–Crippen MR) is 88.9 cm³/mol. The normalized spacial score (nSPS) is 26.5. The van der Waals surface area contributed by atoms with Gasteiger partial charge in [-0.2, -0.15) is 0 Å². The van der Waals surface area contributed by atoms with Gasteiger partial charge in [-0.05, 0) is 37.8 Å². The molecule has 0 aromatic carbocycles. The quantitative estimate of drug-likeness (QED) is 0.671. The summed E-state index contributed by atoms with van der Waals surface area (Å²) in [5.74, 6) is 1.02. The van der Waals surface area contributed by atoms with Crippen LogP contribution in [0.15, 0.2) is 23.3 Å². The first-order valence-electron chi connectivity index (χ1n) is 8.36. The molecular weight excluding hydrogens is 276 g/mol. The topological polar surface area (TPSA) is 41.8 Å². The molecule has 1 aromatic rings. The van der Waals surface area contributed by atoms with Crippen molar-refractivity contribution in [3.63, 3.8) is 0 Å². The molecular formula is C17H28N4O. The molecule has 2 aliphatic heterocycles. The van der Waals surface area contributed by atoms with Crippen LogP contribution in [-0.2, 0) is 18.3 Å². The van der Waals surface area contributed by atoms with E-state index in [0.717, 1.165) is 38.8 Å². The molecule has 1 spiro atoms. The number of ether oxygens (including phenoxy) is 1. The first-order valence-corrected chi connectivity index (χ1v) is 8.36. The Labute approximate surface area is 133 Å². The highest BCUT2D eigenvalue weighted by Crippen LogP contribution is 2.37. The summed E-state index contributed by atoms with van der Waals surface area (Å²) in [6, 6.07) is 4.22. The number of piperidine rings is 1. The molecule has 0 radical (unpaired) electrons. The van der Waals surface area contributed by atoms with E-state index in [1.807, 2.05) is 7.05 Å². The Kier molecular flexibility index (Phi) is 4.71. The number of rotatable bonds is 2. The van der Waals surface area contributed by atoms with E-state index in [9.17, 15) is 0 Å². The van der Waals surface area contributed by atoms with Crippen LogP contribution in [0.25, 0.3) is 0 Å². The highest BCUT2D eigenvalue weighted by molar-refractivity contribution is 5.80. The van der Waals surface area contributed by atoms with Crippen molar-refractivity contribution in [2.45, 2.75) is 32.2 Å². The van der Waals surface area contributed by atoms with E-state index in [1.54, 1.807) is 0 Å². The zero-order chi connectivity index (χ0) is 15.4. The van der Waals surface area contributed by atoms with Crippen molar-refractivity contribution in [1.82, 2.24) is 14.8 Å². The highest BCUT2D eigenvalue weighted by atomic mass is 16.5. The van der Waals surface area contributed by atoms with Gasteiger partial charge in [0.1, 0.15) is 0 Å². The minimum Gasteiger partial charge on any atom is -0.381 e. The molecule has 2 fully saturated rings. The molecule has 5 nitrogen and oxygen atoms in total. The first-order chi connectivity index (χ1) is 10.7. The van der Waals surface area contributed by atoms with Crippen molar-refractivity contribution in [2.75, 3.05) is 33.4 Å². The first kappa shape index (κ1) is 15.4. The summed E-state index contributed by atoms with van der Waals surface area (Å²) in [6.45, 7) is 4.82. The van der Waals surface area contributed by atoms with Crippen LogP contribution >= 0.6 is 0 Å². The van der Waals surface area contributed by atoms with Gasteiger partial charge in [0, 0.05) is 51.1 Å². The molecule has 2 saturated heterocycles. The van der Waals surface area contributed by atoms with Crippen LogP contribution in [0.5, 0.6) is 0 Å². The number of aliphatic imine (C=N–C) groups is 1. The number of guanidine groups is 1. The summed E-state index contributed by atoms with van der Waals surface area (Å²) in [5.41, 5.74) is 1.62. The summed E-state index contributed by atoms with van der Waals surface area (Å²) in [4.78, 5) is 6.92. The fourth-order valence-electron chi connectivity index (χ4n) is 3.80. The lowest BCUT2D eigenvalue weighted by atomic mass is 9.76. The molecule has 0 bridgehead atoms. The lowest BCUT2D eigenvalue weighted by Crippen LogP contribution is -2.52. The highest BCUT2D eigenvalue weighted by Gasteiger charge is 2.38. The average Bonchev–Trinajstić information content (AvgIpc) is 2.94. The summed E-state index contributed by atoms with van der Waals surface area (Å²) in [6.07, 6.45) is 7.09. The standard InChI is InChI=1S/C17H28N4O/c1-18-16(19-12-15-6-3-9-20(15)2)21-10-4-7-17(13-21)8-5-11-22-14-17/h3,6,9H,4-5,7-8,10-14H2,1-2H3,(H,18,19). The van der Waals surface area contributed by atoms with Gasteiger partial charge in [0.05, 0.1) is 13.2 Å². The van der Waals surface area contributed by atoms with Gasteiger partial charge in [0.2, 0.25) is 0 Å². The minimum atomic E-state index is 0.346. The summed E-state index contributed by atoms with van der Waals surface area (Å²) in [5, 5.41) is 3.52. The molecule has 22 heavy (non-hydrogen) atoms. The third kappa shape index (κ3) is 3.29. The summed E-state index contributed by atoms with van der Waals surface area (Å²) in [7, 11) is 3.96. The number of nitrogens with zero attached hydrogens (tertiary/aromatic N) is 3. The summed E-state index contributed by atoms with van der Waals surface area (Å²) < 4.78 is 7.91. The molecule has 1 atom stereocenters. The van der Waals surface area contributed by atoms with E-state index < -0.39 is 0 Å². The molecule has 3 heterocycles. The maximum Gasteiger partial charge on any atom is 0.193 e. The smallest absolute Gasteiger partial charge is 0.193 e. The lowest BCUT2D eigenvalue weighted by Gasteiger charge is -2.45. The van der Waals surface area contributed by atoms with Gasteiger partial charge in [-0.3, -0.25) is 4.99 Å². The van der Waals surface area contributed by atoms with E-state index >= 15 is 0 Å². The fraction of sp³-hybridized carbons (Fsp3) is 0.706. The molecule has 1 aromatic heterocycles. The van der Waals surface area contributed by atoms with E-state index in [-0.39, 0.29) is 0 Å². The number of aromatic nitrogens is 1. The van der Waals surface area contributed by atoms with Gasteiger partial charge >= 0.3 is 0 Å². The van der Waals surface area contributed by atoms with E-state index in [2.05, 4.69) is 45.2 Å². The maximum absolute atomic E-state index is 5.77. The van der Waals surface area contributed by atoms with E-state index in [1.165, 1.54) is 31.4 Å². The SMILES string of the molecule is CN=C(NCc1cccn1C)N1CCCC2(CCCOC2)C1. The molecule has 2 aliphatic rings.